The highest BCUT2D eigenvalue weighted by molar-refractivity contribution is 6.04. The molecule has 1 amide bonds. The zero-order valence-corrected chi connectivity index (χ0v) is 25.0. The minimum Gasteiger partial charge on any atom is -0.395 e. The number of allylic oxidation sites excluding steroid dienone is 4. The summed E-state index contributed by atoms with van der Waals surface area (Å²) >= 11 is 0. The quantitative estimate of drug-likeness (QED) is 0.491. The molecule has 39 heavy (non-hydrogen) atoms. The third kappa shape index (κ3) is 4.35. The molecular formula is C33H48N2O4. The van der Waals surface area contributed by atoms with Crippen LogP contribution in [0.2, 0.25) is 0 Å². The molecule has 6 heteroatoms. The van der Waals surface area contributed by atoms with Crippen LogP contribution in [0.15, 0.2) is 23.3 Å². The highest BCUT2D eigenvalue weighted by atomic mass is 16.3. The van der Waals surface area contributed by atoms with Gasteiger partial charge in [0.15, 0.2) is 11.6 Å². The molecule has 0 radical (unpaired) electrons. The summed E-state index contributed by atoms with van der Waals surface area (Å²) in [7, 11) is 0. The van der Waals surface area contributed by atoms with E-state index >= 15 is 0 Å². The Balaban J connectivity index is 0.00000172. The van der Waals surface area contributed by atoms with Crippen LogP contribution >= 0.6 is 0 Å². The molecule has 0 aromatic rings. The summed E-state index contributed by atoms with van der Waals surface area (Å²) in [6, 6.07) is 2.16. The van der Waals surface area contributed by atoms with E-state index in [2.05, 4.69) is 32.2 Å². The molecule has 0 spiro atoms. The van der Waals surface area contributed by atoms with Gasteiger partial charge in [-0.15, -0.1) is 0 Å². The van der Waals surface area contributed by atoms with Crippen LogP contribution in [-0.4, -0.2) is 35.7 Å². The number of nitrogens with zero attached hydrogens (tertiary/aromatic N) is 1. The molecule has 0 aromatic heterocycles. The van der Waals surface area contributed by atoms with Gasteiger partial charge in [-0.3, -0.25) is 14.4 Å². The first-order valence-corrected chi connectivity index (χ1v) is 15.2. The molecule has 214 valence electrons. The Labute approximate surface area is 234 Å². The number of rotatable bonds is 3. The summed E-state index contributed by atoms with van der Waals surface area (Å²) < 4.78 is 0. The Morgan fingerprint density at radius 1 is 1.05 bits per heavy atom. The molecule has 0 aromatic carbocycles. The maximum Gasteiger partial charge on any atom is 0.223 e. The fraction of sp³-hybridized carbons (Fsp3) is 0.758. The zero-order valence-electron chi connectivity index (χ0n) is 25.0. The first-order valence-electron chi connectivity index (χ1n) is 15.2. The number of hydrogen-bond acceptors (Lipinski definition) is 5. The number of carbonyl (C=O) groups is 3. The van der Waals surface area contributed by atoms with Crippen LogP contribution in [0.4, 0.5) is 0 Å². The van der Waals surface area contributed by atoms with Crippen molar-refractivity contribution in [2.75, 3.05) is 13.2 Å². The number of aliphatic hydroxyl groups is 1. The van der Waals surface area contributed by atoms with E-state index in [0.29, 0.717) is 0 Å². The van der Waals surface area contributed by atoms with E-state index in [9.17, 15) is 19.6 Å². The average molecular weight is 537 g/mol. The van der Waals surface area contributed by atoms with E-state index in [1.54, 1.807) is 0 Å². The highest BCUT2D eigenvalue weighted by Gasteiger charge is 2.65. The van der Waals surface area contributed by atoms with Crippen molar-refractivity contribution in [2.24, 2.45) is 51.2 Å². The molecular weight excluding hydrogens is 488 g/mol. The highest BCUT2D eigenvalue weighted by Crippen LogP contribution is 2.69. The van der Waals surface area contributed by atoms with Crippen molar-refractivity contribution in [3.05, 3.63) is 23.3 Å². The van der Waals surface area contributed by atoms with E-state index in [-0.39, 0.29) is 76.6 Å². The van der Waals surface area contributed by atoms with E-state index in [1.807, 2.05) is 39.8 Å². The van der Waals surface area contributed by atoms with E-state index in [4.69, 9.17) is 5.11 Å². The average Bonchev–Trinajstić information content (AvgIpc) is 2.91. The van der Waals surface area contributed by atoms with E-state index in [0.717, 1.165) is 50.5 Å². The fourth-order valence-corrected chi connectivity index (χ4v) is 9.78. The van der Waals surface area contributed by atoms with Crippen molar-refractivity contribution in [1.82, 2.24) is 5.32 Å². The Hall–Kier alpha value is -2.26. The summed E-state index contributed by atoms with van der Waals surface area (Å²) in [6.07, 6.45) is 10.2. The Bertz CT molecular complexity index is 1140. The maximum atomic E-state index is 14.1. The molecule has 3 fully saturated rings. The molecule has 5 rings (SSSR count). The van der Waals surface area contributed by atoms with Gasteiger partial charge in [-0.05, 0) is 79.6 Å². The fourth-order valence-electron chi connectivity index (χ4n) is 9.78. The minimum atomic E-state index is -0.652. The number of carbonyl (C=O) groups excluding carboxylic acids is 3. The molecule has 2 N–H and O–H groups in total. The monoisotopic (exact) mass is 536 g/mol. The van der Waals surface area contributed by atoms with Gasteiger partial charge in [0.05, 0.1) is 12.2 Å². The third-order valence-electron chi connectivity index (χ3n) is 11.7. The second-order valence-corrected chi connectivity index (χ2v) is 13.9. The summed E-state index contributed by atoms with van der Waals surface area (Å²) in [5, 5.41) is 21.8. The Morgan fingerprint density at radius 2 is 1.72 bits per heavy atom. The molecule has 8 atom stereocenters. The number of nitriles is 1. The van der Waals surface area contributed by atoms with Gasteiger partial charge in [-0.1, -0.05) is 60.1 Å². The van der Waals surface area contributed by atoms with Crippen LogP contribution in [-0.2, 0) is 14.4 Å². The molecule has 5 aliphatic rings. The van der Waals surface area contributed by atoms with Gasteiger partial charge in [0.25, 0.3) is 0 Å². The number of aliphatic hydroxyl groups excluding tert-OH is 1. The third-order valence-corrected chi connectivity index (χ3v) is 11.7. The number of amides is 1. The van der Waals surface area contributed by atoms with Gasteiger partial charge in [0.2, 0.25) is 5.91 Å². The smallest absolute Gasteiger partial charge is 0.223 e. The van der Waals surface area contributed by atoms with E-state index in [1.165, 1.54) is 0 Å². The lowest BCUT2D eigenvalue weighted by Crippen LogP contribution is -2.60. The zero-order chi connectivity index (χ0) is 29.0. The normalized spacial score (nSPS) is 42.1. The topological polar surface area (TPSA) is 107 Å². The summed E-state index contributed by atoms with van der Waals surface area (Å²) in [5.74, 6) is 0.294. The predicted octanol–water partition coefficient (Wildman–Crippen LogP) is 5.56. The largest absolute Gasteiger partial charge is 0.395 e. The molecule has 0 aliphatic heterocycles. The van der Waals surface area contributed by atoms with Crippen molar-refractivity contribution in [2.45, 2.75) is 93.4 Å². The molecule has 0 saturated heterocycles. The van der Waals surface area contributed by atoms with Gasteiger partial charge in [-0.2, -0.15) is 5.26 Å². The maximum absolute atomic E-state index is 14.1. The number of Topliss-reactive ketones (excluding diaryl/α,β-unsaturated/α-hetero) is 1. The van der Waals surface area contributed by atoms with Crippen LogP contribution in [0.1, 0.15) is 93.4 Å². The van der Waals surface area contributed by atoms with Crippen LogP contribution < -0.4 is 5.32 Å². The van der Waals surface area contributed by atoms with Gasteiger partial charge in [0, 0.05) is 29.2 Å². The SMILES string of the molecule is CC.CC12CCC(C(=O)NCCO)CC1C1C(=O)C=C3C4(C)C=C(C#N)C(=O)C(C)(C)C4CCC3(C)C1CC2. The van der Waals surface area contributed by atoms with Gasteiger partial charge >= 0.3 is 0 Å². The van der Waals surface area contributed by atoms with Crippen LogP contribution in [0.5, 0.6) is 0 Å². The van der Waals surface area contributed by atoms with Crippen molar-refractivity contribution in [1.29, 1.82) is 5.26 Å². The predicted molar refractivity (Wildman–Crippen MR) is 151 cm³/mol. The van der Waals surface area contributed by atoms with Gasteiger partial charge in [0.1, 0.15) is 6.07 Å². The lowest BCUT2D eigenvalue weighted by Gasteiger charge is -2.64. The first-order chi connectivity index (χ1) is 18.3. The van der Waals surface area contributed by atoms with Crippen molar-refractivity contribution < 1.29 is 19.5 Å². The summed E-state index contributed by atoms with van der Waals surface area (Å²) in [6.45, 7) is 14.9. The standard InChI is InChI=1S/C31H42N2O4.C2H6/c1-28(2)23-8-11-30(4)20-7-10-29(3)9-6-18(27(37)33-12-13-34)14-21(29)25(20)22(35)15-24(30)31(23,5)16-19(17-32)26(28)36;1-2/h15-16,18,20-21,23,25,34H,6-14H2,1-5H3,(H,33,37);1-2H3. The number of fused-ring (bicyclic) bond motifs is 7. The Morgan fingerprint density at radius 3 is 2.36 bits per heavy atom. The minimum absolute atomic E-state index is 0.000202. The molecule has 0 bridgehead atoms. The molecule has 5 aliphatic carbocycles. The molecule has 8 unspecified atom stereocenters. The second kappa shape index (κ2) is 10.3. The van der Waals surface area contributed by atoms with Gasteiger partial charge < -0.3 is 10.4 Å². The summed E-state index contributed by atoms with van der Waals surface area (Å²) in [5.41, 5.74) is 0.0676. The lowest BCUT2D eigenvalue weighted by molar-refractivity contribution is -0.147. The summed E-state index contributed by atoms with van der Waals surface area (Å²) in [4.78, 5) is 40.1. The molecule has 6 nitrogen and oxygen atoms in total. The number of ketones is 2. The van der Waals surface area contributed by atoms with Crippen LogP contribution in [0, 0.1) is 62.6 Å². The Kier molecular flexibility index (Phi) is 7.84. The van der Waals surface area contributed by atoms with Crippen LogP contribution in [0.3, 0.4) is 0 Å². The van der Waals surface area contributed by atoms with Gasteiger partial charge in [-0.25, -0.2) is 0 Å². The van der Waals surface area contributed by atoms with Crippen molar-refractivity contribution in [3.63, 3.8) is 0 Å². The second-order valence-electron chi connectivity index (χ2n) is 13.9. The number of nitrogens with one attached hydrogen (secondary N) is 1. The first kappa shape index (κ1) is 29.7. The van der Waals surface area contributed by atoms with Crippen molar-refractivity contribution in [3.8, 4) is 6.07 Å². The lowest BCUT2D eigenvalue weighted by atomic mass is 9.39. The number of hydrogen-bond donors (Lipinski definition) is 2. The molecule has 3 saturated carbocycles. The van der Waals surface area contributed by atoms with Crippen LogP contribution in [0.25, 0.3) is 0 Å². The van der Waals surface area contributed by atoms with Crippen molar-refractivity contribution >= 4 is 17.5 Å². The molecule has 0 heterocycles. The van der Waals surface area contributed by atoms with E-state index < -0.39 is 10.8 Å².